The maximum Gasteiger partial charge on any atom is 0.204 e. The van der Waals surface area contributed by atoms with E-state index in [9.17, 15) is 0 Å². The van der Waals surface area contributed by atoms with Gasteiger partial charge in [-0.3, -0.25) is 0 Å². The molecule has 0 fully saturated rings. The van der Waals surface area contributed by atoms with E-state index in [1.54, 1.807) is 19.6 Å². The molecule has 1 unspecified atom stereocenters. The summed E-state index contributed by atoms with van der Waals surface area (Å²) in [5.41, 5.74) is 0. The smallest absolute Gasteiger partial charge is 0.204 e. The van der Waals surface area contributed by atoms with E-state index in [0.29, 0.717) is 17.4 Å². The molecule has 0 spiro atoms. The molecule has 0 radical (unpaired) electrons. The summed E-state index contributed by atoms with van der Waals surface area (Å²) in [6.07, 6.45) is 8.05. The molecule has 7 nitrogen and oxygen atoms in total. The van der Waals surface area contributed by atoms with Gasteiger partial charge in [-0.1, -0.05) is 6.92 Å². The highest BCUT2D eigenvalue weighted by Gasteiger charge is 2.14. The fraction of sp³-hybridized carbons (Fsp3) is 0.500. The van der Waals surface area contributed by atoms with Gasteiger partial charge >= 0.3 is 0 Å². The van der Waals surface area contributed by atoms with Crippen molar-refractivity contribution in [3.05, 3.63) is 25.0 Å². The second-order valence-electron chi connectivity index (χ2n) is 4.84. The Labute approximate surface area is 124 Å². The van der Waals surface area contributed by atoms with Gasteiger partial charge in [0.15, 0.2) is 11.6 Å². The predicted molar refractivity (Wildman–Crippen MR) is 82.7 cm³/mol. The fourth-order valence-electron chi connectivity index (χ4n) is 2.03. The molecule has 2 aromatic rings. The predicted octanol–water partition coefficient (Wildman–Crippen LogP) is 2.00. The van der Waals surface area contributed by atoms with Gasteiger partial charge in [0.05, 0.1) is 13.4 Å². The Hall–Kier alpha value is -2.31. The summed E-state index contributed by atoms with van der Waals surface area (Å²) < 4.78 is 7.46. The van der Waals surface area contributed by atoms with Crippen LogP contribution in [-0.2, 0) is 6.54 Å². The van der Waals surface area contributed by atoms with Crippen molar-refractivity contribution in [3.63, 3.8) is 0 Å². The average Bonchev–Trinajstić information content (AvgIpc) is 2.97. The van der Waals surface area contributed by atoms with Gasteiger partial charge in [-0.25, -0.2) is 15.0 Å². The third kappa shape index (κ3) is 4.08. The molecule has 0 aliphatic carbocycles. The number of hydrogen-bond acceptors (Lipinski definition) is 6. The van der Waals surface area contributed by atoms with E-state index >= 15 is 0 Å². The van der Waals surface area contributed by atoms with Crippen molar-refractivity contribution < 1.29 is 4.74 Å². The molecule has 0 aliphatic rings. The van der Waals surface area contributed by atoms with Crippen LogP contribution >= 0.6 is 0 Å². The van der Waals surface area contributed by atoms with Crippen LogP contribution < -0.4 is 15.4 Å². The third-order valence-corrected chi connectivity index (χ3v) is 2.98. The van der Waals surface area contributed by atoms with Gasteiger partial charge < -0.3 is 19.9 Å². The number of methoxy groups -OCH3 is 1. The fourth-order valence-corrected chi connectivity index (χ4v) is 2.03. The van der Waals surface area contributed by atoms with E-state index in [0.717, 1.165) is 19.5 Å². The minimum Gasteiger partial charge on any atom is -0.490 e. The van der Waals surface area contributed by atoms with Crippen molar-refractivity contribution in [1.29, 1.82) is 0 Å². The summed E-state index contributed by atoms with van der Waals surface area (Å²) in [5, 5.41) is 6.59. The van der Waals surface area contributed by atoms with Gasteiger partial charge in [0.25, 0.3) is 0 Å². The molecule has 2 heterocycles. The van der Waals surface area contributed by atoms with Crippen molar-refractivity contribution in [2.24, 2.45) is 0 Å². The van der Waals surface area contributed by atoms with E-state index in [-0.39, 0.29) is 6.04 Å². The van der Waals surface area contributed by atoms with Crippen LogP contribution in [0.2, 0.25) is 0 Å². The zero-order chi connectivity index (χ0) is 15.1. The van der Waals surface area contributed by atoms with Crippen LogP contribution in [0.25, 0.3) is 0 Å². The van der Waals surface area contributed by atoms with Crippen LogP contribution in [0.1, 0.15) is 20.3 Å². The van der Waals surface area contributed by atoms with Gasteiger partial charge in [-0.05, 0) is 13.3 Å². The monoisotopic (exact) mass is 290 g/mol. The number of imidazole rings is 1. The summed E-state index contributed by atoms with van der Waals surface area (Å²) in [6, 6.07) is 0.182. The molecular weight excluding hydrogens is 268 g/mol. The first-order chi connectivity index (χ1) is 10.2. The van der Waals surface area contributed by atoms with Gasteiger partial charge in [-0.2, -0.15) is 0 Å². The van der Waals surface area contributed by atoms with E-state index in [1.807, 2.05) is 10.8 Å². The maximum absolute atomic E-state index is 5.44. The minimum atomic E-state index is 0.182. The van der Waals surface area contributed by atoms with Crippen molar-refractivity contribution in [1.82, 2.24) is 19.5 Å². The highest BCUT2D eigenvalue weighted by atomic mass is 16.5. The Bertz CT molecular complexity index is 542. The molecular formula is C14H22N6O. The van der Waals surface area contributed by atoms with E-state index in [4.69, 9.17) is 4.74 Å². The molecule has 0 aromatic carbocycles. The normalized spacial score (nSPS) is 12.0. The molecule has 1 atom stereocenters. The highest BCUT2D eigenvalue weighted by molar-refractivity contribution is 5.63. The Kier molecular flexibility index (Phi) is 5.36. The minimum absolute atomic E-state index is 0.182. The second kappa shape index (κ2) is 7.47. The Morgan fingerprint density at radius 3 is 2.81 bits per heavy atom. The molecule has 0 saturated heterocycles. The number of aromatic nitrogens is 4. The number of nitrogens with zero attached hydrogens (tertiary/aromatic N) is 4. The number of rotatable bonds is 8. The summed E-state index contributed by atoms with van der Waals surface area (Å²) in [7, 11) is 1.63. The van der Waals surface area contributed by atoms with Crippen LogP contribution in [0.15, 0.2) is 25.0 Å². The zero-order valence-electron chi connectivity index (χ0n) is 12.7. The standard InChI is InChI=1S/C14H22N6O/c1-4-5-16-13-12(21-3)14(18-9-17-13)19-11(2)8-20-7-6-15-10-20/h6-7,9-11H,4-5,8H2,1-3H3,(H2,16,17,18,19). The third-order valence-electron chi connectivity index (χ3n) is 2.98. The molecule has 0 bridgehead atoms. The second-order valence-corrected chi connectivity index (χ2v) is 4.84. The lowest BCUT2D eigenvalue weighted by molar-refractivity contribution is 0.413. The van der Waals surface area contributed by atoms with Crippen molar-refractivity contribution in [2.45, 2.75) is 32.9 Å². The summed E-state index contributed by atoms with van der Waals surface area (Å²) in [6.45, 7) is 5.83. The number of hydrogen-bond donors (Lipinski definition) is 2. The molecule has 0 aliphatic heterocycles. The highest BCUT2D eigenvalue weighted by Crippen LogP contribution is 2.29. The van der Waals surface area contributed by atoms with Gasteiger partial charge in [0.2, 0.25) is 5.75 Å². The molecule has 7 heteroatoms. The topological polar surface area (TPSA) is 76.9 Å². The van der Waals surface area contributed by atoms with Crippen LogP contribution in [0.3, 0.4) is 0 Å². The van der Waals surface area contributed by atoms with Crippen molar-refractivity contribution in [3.8, 4) is 5.75 Å². The number of ether oxygens (including phenoxy) is 1. The van der Waals surface area contributed by atoms with Gasteiger partial charge in [0.1, 0.15) is 6.33 Å². The van der Waals surface area contributed by atoms with Crippen LogP contribution in [0, 0.1) is 0 Å². The molecule has 114 valence electrons. The molecule has 2 N–H and O–H groups in total. The van der Waals surface area contributed by atoms with Crippen LogP contribution in [0.4, 0.5) is 11.6 Å². The molecule has 2 rings (SSSR count). The van der Waals surface area contributed by atoms with Crippen LogP contribution in [-0.4, -0.2) is 39.2 Å². The largest absolute Gasteiger partial charge is 0.490 e. The zero-order valence-corrected chi connectivity index (χ0v) is 12.7. The Morgan fingerprint density at radius 1 is 1.33 bits per heavy atom. The molecule has 0 saturated carbocycles. The first-order valence-electron chi connectivity index (χ1n) is 7.09. The Morgan fingerprint density at radius 2 is 2.14 bits per heavy atom. The summed E-state index contributed by atoms with van der Waals surface area (Å²) in [4.78, 5) is 12.5. The summed E-state index contributed by atoms with van der Waals surface area (Å²) in [5.74, 6) is 2.05. The molecule has 0 amide bonds. The maximum atomic E-state index is 5.44. The number of nitrogens with one attached hydrogen (secondary N) is 2. The van der Waals surface area contributed by atoms with Gasteiger partial charge in [-0.15, -0.1) is 0 Å². The summed E-state index contributed by atoms with van der Waals surface area (Å²) >= 11 is 0. The lowest BCUT2D eigenvalue weighted by atomic mass is 10.3. The van der Waals surface area contributed by atoms with E-state index < -0.39 is 0 Å². The molecule has 2 aromatic heterocycles. The first kappa shape index (κ1) is 15.1. The average molecular weight is 290 g/mol. The Balaban J connectivity index is 2.07. The van der Waals surface area contributed by atoms with Crippen molar-refractivity contribution in [2.75, 3.05) is 24.3 Å². The lowest BCUT2D eigenvalue weighted by Gasteiger charge is -2.18. The number of anilines is 2. The lowest BCUT2D eigenvalue weighted by Crippen LogP contribution is -2.22. The van der Waals surface area contributed by atoms with E-state index in [1.165, 1.54) is 6.33 Å². The molecule has 21 heavy (non-hydrogen) atoms. The quantitative estimate of drug-likeness (QED) is 0.774. The van der Waals surface area contributed by atoms with Crippen LogP contribution in [0.5, 0.6) is 5.75 Å². The van der Waals surface area contributed by atoms with Gasteiger partial charge in [0, 0.05) is 31.5 Å². The SMILES string of the molecule is CCCNc1ncnc(NC(C)Cn2ccnc2)c1OC. The van der Waals surface area contributed by atoms with E-state index in [2.05, 4.69) is 39.4 Å². The van der Waals surface area contributed by atoms with Crippen molar-refractivity contribution >= 4 is 11.6 Å². The first-order valence-corrected chi connectivity index (χ1v) is 7.09.